The number of hydrogen-bond donors (Lipinski definition) is 3. The lowest BCUT2D eigenvalue weighted by molar-refractivity contribution is -0.384. The number of carbonyl (C=O) groups excluding carboxylic acids is 2. The van der Waals surface area contributed by atoms with E-state index in [1.165, 1.54) is 24.3 Å². The standard InChI is InChI=1S/C19H17N5O4/c1-11-17(12(2)23-22-11)21-19(26)15-5-3-4-6-16(15)20-18(25)13-7-9-14(10-8-13)24(27)28/h3-10H,1-2H3,(H,20,25)(H,21,26)(H,22,23). The molecule has 0 aliphatic carbocycles. The smallest absolute Gasteiger partial charge is 0.269 e. The first-order valence-electron chi connectivity index (χ1n) is 8.34. The van der Waals surface area contributed by atoms with Gasteiger partial charge in [0.15, 0.2) is 0 Å². The van der Waals surface area contributed by atoms with Crippen LogP contribution in [0.4, 0.5) is 17.1 Å². The highest BCUT2D eigenvalue weighted by atomic mass is 16.6. The van der Waals surface area contributed by atoms with Gasteiger partial charge in [0, 0.05) is 17.7 Å². The second-order valence-corrected chi connectivity index (χ2v) is 6.07. The first kappa shape index (κ1) is 18.8. The number of nitrogens with zero attached hydrogens (tertiary/aromatic N) is 2. The summed E-state index contributed by atoms with van der Waals surface area (Å²) in [5.74, 6) is -0.877. The van der Waals surface area contributed by atoms with E-state index in [0.29, 0.717) is 17.1 Å². The van der Waals surface area contributed by atoms with E-state index in [1.807, 2.05) is 0 Å². The van der Waals surface area contributed by atoms with Crippen LogP contribution in [0.15, 0.2) is 48.5 Å². The van der Waals surface area contributed by atoms with Crippen molar-refractivity contribution in [1.82, 2.24) is 10.2 Å². The van der Waals surface area contributed by atoms with Crippen LogP contribution in [0.5, 0.6) is 0 Å². The minimum absolute atomic E-state index is 0.109. The Morgan fingerprint density at radius 1 is 1.00 bits per heavy atom. The molecule has 9 heteroatoms. The molecule has 0 aliphatic rings. The normalized spacial score (nSPS) is 10.4. The summed E-state index contributed by atoms with van der Waals surface area (Å²) in [6.07, 6.45) is 0. The Kier molecular flexibility index (Phi) is 5.16. The van der Waals surface area contributed by atoms with Gasteiger partial charge in [-0.25, -0.2) is 0 Å². The highest BCUT2D eigenvalue weighted by molar-refractivity contribution is 6.12. The summed E-state index contributed by atoms with van der Waals surface area (Å²) in [5, 5.41) is 23.0. The maximum atomic E-state index is 12.7. The van der Waals surface area contributed by atoms with Crippen LogP contribution >= 0.6 is 0 Å². The lowest BCUT2D eigenvalue weighted by Crippen LogP contribution is -2.18. The van der Waals surface area contributed by atoms with Crippen molar-refractivity contribution in [2.45, 2.75) is 13.8 Å². The fraction of sp³-hybridized carbons (Fsp3) is 0.105. The van der Waals surface area contributed by atoms with E-state index in [1.54, 1.807) is 38.1 Å². The van der Waals surface area contributed by atoms with Crippen LogP contribution in [-0.2, 0) is 0 Å². The van der Waals surface area contributed by atoms with E-state index in [-0.39, 0.29) is 16.8 Å². The quantitative estimate of drug-likeness (QED) is 0.462. The molecular weight excluding hydrogens is 362 g/mol. The molecule has 3 aromatic rings. The average Bonchev–Trinajstić information content (AvgIpc) is 3.00. The highest BCUT2D eigenvalue weighted by Gasteiger charge is 2.17. The number of rotatable bonds is 5. The van der Waals surface area contributed by atoms with Crippen molar-refractivity contribution in [2.24, 2.45) is 0 Å². The van der Waals surface area contributed by atoms with Gasteiger partial charge >= 0.3 is 0 Å². The molecule has 2 amide bonds. The van der Waals surface area contributed by atoms with Crippen LogP contribution in [0.3, 0.4) is 0 Å². The molecule has 3 N–H and O–H groups in total. The molecule has 0 saturated carbocycles. The fourth-order valence-corrected chi connectivity index (χ4v) is 2.64. The number of anilines is 2. The van der Waals surface area contributed by atoms with Gasteiger partial charge in [0.1, 0.15) is 0 Å². The second-order valence-electron chi connectivity index (χ2n) is 6.07. The van der Waals surface area contributed by atoms with Gasteiger partial charge in [0.25, 0.3) is 17.5 Å². The number of aryl methyl sites for hydroxylation is 2. The second kappa shape index (κ2) is 7.70. The number of nitro groups is 1. The van der Waals surface area contributed by atoms with E-state index in [0.717, 1.165) is 5.69 Å². The number of para-hydroxylation sites is 1. The van der Waals surface area contributed by atoms with Crippen molar-refractivity contribution in [3.8, 4) is 0 Å². The molecule has 1 aromatic heterocycles. The third-order valence-electron chi connectivity index (χ3n) is 4.13. The molecule has 0 radical (unpaired) electrons. The summed E-state index contributed by atoms with van der Waals surface area (Å²) in [4.78, 5) is 35.3. The van der Waals surface area contributed by atoms with Gasteiger partial charge in [0.05, 0.1) is 33.2 Å². The summed E-state index contributed by atoms with van der Waals surface area (Å²) in [7, 11) is 0. The van der Waals surface area contributed by atoms with Crippen molar-refractivity contribution in [3.63, 3.8) is 0 Å². The molecule has 9 nitrogen and oxygen atoms in total. The Labute approximate surface area is 159 Å². The molecule has 142 valence electrons. The molecule has 0 bridgehead atoms. The number of nitro benzene ring substituents is 1. The number of benzene rings is 2. The van der Waals surface area contributed by atoms with E-state index in [4.69, 9.17) is 0 Å². The fourth-order valence-electron chi connectivity index (χ4n) is 2.64. The van der Waals surface area contributed by atoms with Crippen LogP contribution in [0.2, 0.25) is 0 Å². The molecule has 0 spiro atoms. The minimum Gasteiger partial charge on any atom is -0.321 e. The number of non-ortho nitro benzene ring substituents is 1. The van der Waals surface area contributed by atoms with Gasteiger partial charge in [0.2, 0.25) is 0 Å². The zero-order valence-corrected chi connectivity index (χ0v) is 15.1. The van der Waals surface area contributed by atoms with Crippen molar-refractivity contribution in [1.29, 1.82) is 0 Å². The summed E-state index contributed by atoms with van der Waals surface area (Å²) in [6, 6.07) is 11.8. The summed E-state index contributed by atoms with van der Waals surface area (Å²) < 4.78 is 0. The first-order valence-corrected chi connectivity index (χ1v) is 8.34. The highest BCUT2D eigenvalue weighted by Crippen LogP contribution is 2.21. The Bertz CT molecular complexity index is 1040. The van der Waals surface area contributed by atoms with Crippen molar-refractivity contribution >= 4 is 28.9 Å². The van der Waals surface area contributed by atoms with Crippen LogP contribution in [0.1, 0.15) is 32.1 Å². The van der Waals surface area contributed by atoms with Gasteiger partial charge in [-0.1, -0.05) is 12.1 Å². The van der Waals surface area contributed by atoms with Gasteiger partial charge < -0.3 is 10.6 Å². The summed E-state index contributed by atoms with van der Waals surface area (Å²) in [5.41, 5.74) is 2.68. The predicted octanol–water partition coefficient (Wildman–Crippen LogP) is 3.44. The van der Waals surface area contributed by atoms with E-state index in [9.17, 15) is 19.7 Å². The molecule has 28 heavy (non-hydrogen) atoms. The number of hydrogen-bond acceptors (Lipinski definition) is 5. The predicted molar refractivity (Wildman–Crippen MR) is 104 cm³/mol. The molecule has 0 saturated heterocycles. The number of aromatic amines is 1. The summed E-state index contributed by atoms with van der Waals surface area (Å²) >= 11 is 0. The molecule has 0 atom stereocenters. The molecule has 0 unspecified atom stereocenters. The van der Waals surface area contributed by atoms with Gasteiger partial charge in [-0.3, -0.25) is 24.8 Å². The number of aromatic nitrogens is 2. The zero-order chi connectivity index (χ0) is 20.3. The van der Waals surface area contributed by atoms with E-state index in [2.05, 4.69) is 20.8 Å². The lowest BCUT2D eigenvalue weighted by atomic mass is 10.1. The molecule has 0 fully saturated rings. The maximum Gasteiger partial charge on any atom is 0.269 e. The Hall–Kier alpha value is -4.01. The SMILES string of the molecule is Cc1n[nH]c(C)c1NC(=O)c1ccccc1NC(=O)c1ccc([N+](=O)[O-])cc1. The Morgan fingerprint density at radius 3 is 2.29 bits per heavy atom. The summed E-state index contributed by atoms with van der Waals surface area (Å²) in [6.45, 7) is 3.55. The van der Waals surface area contributed by atoms with Crippen molar-refractivity contribution in [3.05, 3.63) is 81.2 Å². The lowest BCUT2D eigenvalue weighted by Gasteiger charge is -2.11. The minimum atomic E-state index is -0.541. The van der Waals surface area contributed by atoms with Gasteiger partial charge in [-0.2, -0.15) is 5.10 Å². The Morgan fingerprint density at radius 2 is 1.68 bits per heavy atom. The first-order chi connectivity index (χ1) is 13.4. The number of amides is 2. The number of H-pyrrole nitrogens is 1. The van der Waals surface area contributed by atoms with E-state index < -0.39 is 16.7 Å². The van der Waals surface area contributed by atoms with Crippen LogP contribution in [-0.4, -0.2) is 26.9 Å². The maximum absolute atomic E-state index is 12.7. The van der Waals surface area contributed by atoms with Gasteiger partial charge in [-0.15, -0.1) is 0 Å². The Balaban J connectivity index is 1.81. The molecule has 2 aromatic carbocycles. The molecular formula is C19H17N5O4. The monoisotopic (exact) mass is 379 g/mol. The van der Waals surface area contributed by atoms with Crippen LogP contribution < -0.4 is 10.6 Å². The third-order valence-corrected chi connectivity index (χ3v) is 4.13. The zero-order valence-electron chi connectivity index (χ0n) is 15.1. The van der Waals surface area contributed by atoms with Crippen LogP contribution in [0, 0.1) is 24.0 Å². The van der Waals surface area contributed by atoms with E-state index >= 15 is 0 Å². The number of nitrogens with one attached hydrogen (secondary N) is 3. The van der Waals surface area contributed by atoms with Crippen molar-refractivity contribution in [2.75, 3.05) is 10.6 Å². The topological polar surface area (TPSA) is 130 Å². The largest absolute Gasteiger partial charge is 0.321 e. The average molecular weight is 379 g/mol. The van der Waals surface area contributed by atoms with Gasteiger partial charge in [-0.05, 0) is 38.1 Å². The van der Waals surface area contributed by atoms with Crippen LogP contribution in [0.25, 0.3) is 0 Å². The molecule has 3 rings (SSSR count). The number of carbonyl (C=O) groups is 2. The molecule has 0 aliphatic heterocycles. The molecule has 1 heterocycles. The van der Waals surface area contributed by atoms with Crippen molar-refractivity contribution < 1.29 is 14.5 Å². The third kappa shape index (κ3) is 3.88.